The third kappa shape index (κ3) is 3.21. The molecule has 6 nitrogen and oxygen atoms in total. The predicted molar refractivity (Wildman–Crippen MR) is 87.2 cm³/mol. The first-order valence-corrected chi connectivity index (χ1v) is 7.03. The molecule has 2 aromatic carbocycles. The van der Waals surface area contributed by atoms with Gasteiger partial charge in [-0.05, 0) is 36.4 Å². The summed E-state index contributed by atoms with van der Waals surface area (Å²) in [7, 11) is 1.92. The van der Waals surface area contributed by atoms with Crippen molar-refractivity contribution in [2.24, 2.45) is 0 Å². The zero-order chi connectivity index (χ0) is 16.2. The second kappa shape index (κ2) is 6.31. The van der Waals surface area contributed by atoms with Crippen LogP contribution in [0.3, 0.4) is 0 Å². The van der Waals surface area contributed by atoms with Gasteiger partial charge in [-0.25, -0.2) is 14.8 Å². The zero-order valence-electron chi connectivity index (χ0n) is 12.5. The van der Waals surface area contributed by atoms with Gasteiger partial charge in [0.2, 0.25) is 0 Å². The number of benzene rings is 2. The topological polar surface area (TPSA) is 75.5 Å². The van der Waals surface area contributed by atoms with E-state index in [2.05, 4.69) is 9.97 Å². The van der Waals surface area contributed by atoms with Crippen LogP contribution in [-0.4, -0.2) is 34.7 Å². The number of para-hydroxylation sites is 1. The summed E-state index contributed by atoms with van der Waals surface area (Å²) in [5.74, 6) is 0.311. The van der Waals surface area contributed by atoms with Crippen molar-refractivity contribution in [1.29, 1.82) is 0 Å². The number of aromatic nitrogens is 2. The van der Waals surface area contributed by atoms with Gasteiger partial charge < -0.3 is 14.7 Å². The molecule has 0 unspecified atom stereocenters. The summed E-state index contributed by atoms with van der Waals surface area (Å²) in [6.07, 6.45) is 1.54. The van der Waals surface area contributed by atoms with Gasteiger partial charge in [0.25, 0.3) is 0 Å². The monoisotopic (exact) mass is 309 g/mol. The standard InChI is InChI=1S/C17H15N3O3/c1-20(12-6-8-13(9-7-12)23-10-16(21)22)17-14-4-2-3-5-15(14)18-11-19-17/h2-9,11H,10H2,1H3,(H,21,22). The Morgan fingerprint density at radius 1 is 1.13 bits per heavy atom. The molecule has 0 radical (unpaired) electrons. The molecular formula is C17H15N3O3. The highest BCUT2D eigenvalue weighted by molar-refractivity contribution is 5.91. The SMILES string of the molecule is CN(c1ccc(OCC(=O)O)cc1)c1ncnc2ccccc12. The Hall–Kier alpha value is -3.15. The lowest BCUT2D eigenvalue weighted by atomic mass is 10.2. The van der Waals surface area contributed by atoms with Crippen molar-refractivity contribution in [3.63, 3.8) is 0 Å². The second-order valence-corrected chi connectivity index (χ2v) is 4.95. The molecule has 0 atom stereocenters. The average molecular weight is 309 g/mol. The van der Waals surface area contributed by atoms with Crippen molar-refractivity contribution >= 4 is 28.4 Å². The van der Waals surface area contributed by atoms with E-state index in [4.69, 9.17) is 9.84 Å². The second-order valence-electron chi connectivity index (χ2n) is 4.95. The van der Waals surface area contributed by atoms with Gasteiger partial charge in [-0.3, -0.25) is 0 Å². The zero-order valence-corrected chi connectivity index (χ0v) is 12.5. The van der Waals surface area contributed by atoms with Gasteiger partial charge in [0.05, 0.1) is 5.52 Å². The summed E-state index contributed by atoms with van der Waals surface area (Å²) in [5, 5.41) is 9.58. The molecule has 0 saturated carbocycles. The van der Waals surface area contributed by atoms with E-state index in [9.17, 15) is 4.79 Å². The van der Waals surface area contributed by atoms with E-state index in [1.807, 2.05) is 48.3 Å². The number of fused-ring (bicyclic) bond motifs is 1. The lowest BCUT2D eigenvalue weighted by molar-refractivity contribution is -0.139. The van der Waals surface area contributed by atoms with Crippen LogP contribution in [0.4, 0.5) is 11.5 Å². The molecular weight excluding hydrogens is 294 g/mol. The highest BCUT2D eigenvalue weighted by Crippen LogP contribution is 2.28. The lowest BCUT2D eigenvalue weighted by Gasteiger charge is -2.20. The number of anilines is 2. The van der Waals surface area contributed by atoms with Crippen LogP contribution in [0.5, 0.6) is 5.75 Å². The van der Waals surface area contributed by atoms with Gasteiger partial charge in [0.15, 0.2) is 6.61 Å². The number of ether oxygens (including phenoxy) is 1. The number of aliphatic carboxylic acids is 1. The Balaban J connectivity index is 1.87. The third-order valence-electron chi connectivity index (χ3n) is 3.43. The fourth-order valence-corrected chi connectivity index (χ4v) is 2.29. The molecule has 0 spiro atoms. The van der Waals surface area contributed by atoms with Crippen molar-refractivity contribution < 1.29 is 14.6 Å². The molecule has 116 valence electrons. The van der Waals surface area contributed by atoms with E-state index in [0.717, 1.165) is 22.4 Å². The van der Waals surface area contributed by atoms with E-state index in [1.165, 1.54) is 0 Å². The molecule has 0 saturated heterocycles. The number of carboxylic acids is 1. The molecule has 0 fully saturated rings. The molecule has 3 rings (SSSR count). The Morgan fingerprint density at radius 3 is 2.61 bits per heavy atom. The molecule has 3 aromatic rings. The van der Waals surface area contributed by atoms with Gasteiger partial charge in [-0.2, -0.15) is 0 Å². The summed E-state index contributed by atoms with van der Waals surface area (Å²) < 4.78 is 5.13. The third-order valence-corrected chi connectivity index (χ3v) is 3.43. The van der Waals surface area contributed by atoms with Gasteiger partial charge in [-0.1, -0.05) is 12.1 Å². The molecule has 0 bridgehead atoms. The van der Waals surface area contributed by atoms with Crippen LogP contribution in [0.1, 0.15) is 0 Å². The van der Waals surface area contributed by atoms with Crippen molar-refractivity contribution in [2.45, 2.75) is 0 Å². The van der Waals surface area contributed by atoms with Gasteiger partial charge in [0, 0.05) is 18.1 Å². The van der Waals surface area contributed by atoms with Gasteiger partial charge in [-0.15, -0.1) is 0 Å². The van der Waals surface area contributed by atoms with Crippen LogP contribution < -0.4 is 9.64 Å². The molecule has 0 aliphatic heterocycles. The summed E-state index contributed by atoms with van der Waals surface area (Å²) in [6.45, 7) is -0.355. The quantitative estimate of drug-likeness (QED) is 0.781. The van der Waals surface area contributed by atoms with E-state index in [-0.39, 0.29) is 6.61 Å². The molecule has 0 aliphatic rings. The fraction of sp³-hybridized carbons (Fsp3) is 0.118. The normalized spacial score (nSPS) is 10.5. The molecule has 1 N–H and O–H groups in total. The van der Waals surface area contributed by atoms with Crippen molar-refractivity contribution in [1.82, 2.24) is 9.97 Å². The molecule has 6 heteroatoms. The number of hydrogen-bond donors (Lipinski definition) is 1. The number of hydrogen-bond acceptors (Lipinski definition) is 5. The fourth-order valence-electron chi connectivity index (χ4n) is 2.29. The summed E-state index contributed by atoms with van der Waals surface area (Å²) in [4.78, 5) is 21.1. The smallest absolute Gasteiger partial charge is 0.341 e. The molecule has 23 heavy (non-hydrogen) atoms. The number of carbonyl (C=O) groups is 1. The predicted octanol–water partition coefficient (Wildman–Crippen LogP) is 2.86. The minimum Gasteiger partial charge on any atom is -0.482 e. The van der Waals surface area contributed by atoms with Gasteiger partial charge in [0.1, 0.15) is 17.9 Å². The van der Waals surface area contributed by atoms with Crippen LogP contribution in [0.25, 0.3) is 10.9 Å². The van der Waals surface area contributed by atoms with Crippen molar-refractivity contribution in [3.8, 4) is 5.75 Å². The first-order chi connectivity index (χ1) is 11.1. The van der Waals surface area contributed by atoms with Crippen molar-refractivity contribution in [3.05, 3.63) is 54.9 Å². The minimum absolute atomic E-state index is 0.355. The van der Waals surface area contributed by atoms with E-state index >= 15 is 0 Å². The number of rotatable bonds is 5. The lowest BCUT2D eigenvalue weighted by Crippen LogP contribution is -2.12. The Labute approximate surface area is 133 Å². The molecule has 1 aromatic heterocycles. The van der Waals surface area contributed by atoms with Crippen LogP contribution in [-0.2, 0) is 4.79 Å². The van der Waals surface area contributed by atoms with E-state index in [0.29, 0.717) is 5.75 Å². The average Bonchev–Trinajstić information content (AvgIpc) is 2.59. The Kier molecular flexibility index (Phi) is 4.05. The maximum Gasteiger partial charge on any atom is 0.341 e. The van der Waals surface area contributed by atoms with E-state index < -0.39 is 5.97 Å². The first-order valence-electron chi connectivity index (χ1n) is 7.03. The maximum atomic E-state index is 10.5. The largest absolute Gasteiger partial charge is 0.482 e. The number of nitrogens with zero attached hydrogens (tertiary/aromatic N) is 3. The highest BCUT2D eigenvalue weighted by Gasteiger charge is 2.10. The summed E-state index contributed by atoms with van der Waals surface area (Å²) >= 11 is 0. The molecule has 0 amide bonds. The number of carboxylic acid groups (broad SMARTS) is 1. The van der Waals surface area contributed by atoms with Crippen LogP contribution in [0, 0.1) is 0 Å². The Morgan fingerprint density at radius 2 is 1.87 bits per heavy atom. The minimum atomic E-state index is -1.00. The maximum absolute atomic E-state index is 10.5. The summed E-state index contributed by atoms with van der Waals surface area (Å²) in [6, 6.07) is 15.0. The highest BCUT2D eigenvalue weighted by atomic mass is 16.5. The van der Waals surface area contributed by atoms with Crippen molar-refractivity contribution in [2.75, 3.05) is 18.6 Å². The Bertz CT molecular complexity index is 829. The van der Waals surface area contributed by atoms with E-state index in [1.54, 1.807) is 18.5 Å². The molecule has 1 heterocycles. The van der Waals surface area contributed by atoms with Crippen LogP contribution in [0.2, 0.25) is 0 Å². The first kappa shape index (κ1) is 14.8. The van der Waals surface area contributed by atoms with Gasteiger partial charge >= 0.3 is 5.97 Å². The summed E-state index contributed by atoms with van der Waals surface area (Å²) in [5.41, 5.74) is 1.79. The molecule has 0 aliphatic carbocycles. The van der Waals surface area contributed by atoms with Crippen LogP contribution >= 0.6 is 0 Å². The van der Waals surface area contributed by atoms with Crippen LogP contribution in [0.15, 0.2) is 54.9 Å².